The fourth-order valence-corrected chi connectivity index (χ4v) is 1.95. The molecule has 1 aliphatic heterocycles. The van der Waals surface area contributed by atoms with E-state index in [1.807, 2.05) is 27.7 Å². The maximum atomic E-state index is 10.2. The van der Waals surface area contributed by atoms with Gasteiger partial charge in [-0.2, -0.15) is 5.26 Å². The summed E-state index contributed by atoms with van der Waals surface area (Å²) in [5.74, 6) is 0.261. The lowest BCUT2D eigenvalue weighted by atomic mass is 9.81. The van der Waals surface area contributed by atoms with Crippen molar-refractivity contribution in [2.24, 2.45) is 11.3 Å². The lowest BCUT2D eigenvalue weighted by molar-refractivity contribution is -0.0282. The van der Waals surface area contributed by atoms with Gasteiger partial charge in [-0.05, 0) is 45.7 Å². The Kier molecular flexibility index (Phi) is 3.98. The zero-order valence-corrected chi connectivity index (χ0v) is 11.0. The summed E-state index contributed by atoms with van der Waals surface area (Å²) in [7, 11) is 0. The summed E-state index contributed by atoms with van der Waals surface area (Å²) in [5, 5.41) is 19.3. The minimum atomic E-state index is -0.625. The van der Waals surface area contributed by atoms with Gasteiger partial charge < -0.3 is 10.0 Å². The molecular formula is C13H24N2O. The number of rotatable bonds is 3. The molecule has 0 radical (unpaired) electrons. The van der Waals surface area contributed by atoms with Gasteiger partial charge in [0.25, 0.3) is 0 Å². The van der Waals surface area contributed by atoms with Crippen LogP contribution in [0, 0.1) is 22.7 Å². The van der Waals surface area contributed by atoms with Crippen molar-refractivity contribution in [1.82, 2.24) is 4.90 Å². The van der Waals surface area contributed by atoms with Gasteiger partial charge in [0, 0.05) is 6.54 Å². The van der Waals surface area contributed by atoms with E-state index in [1.54, 1.807) is 0 Å². The average Bonchev–Trinajstić information content (AvgIpc) is 2.21. The molecule has 0 saturated carbocycles. The Morgan fingerprint density at radius 3 is 2.31 bits per heavy atom. The molecule has 16 heavy (non-hydrogen) atoms. The molecule has 1 aliphatic rings. The van der Waals surface area contributed by atoms with Crippen molar-refractivity contribution in [2.75, 3.05) is 19.6 Å². The zero-order valence-electron chi connectivity index (χ0n) is 11.0. The predicted octanol–water partition coefficient (Wildman–Crippen LogP) is 2.02. The molecule has 0 aliphatic carbocycles. The summed E-state index contributed by atoms with van der Waals surface area (Å²) in [6.07, 6.45) is 1.83. The van der Waals surface area contributed by atoms with E-state index in [0.717, 1.165) is 25.9 Å². The molecule has 0 aromatic rings. The molecule has 1 fully saturated rings. The van der Waals surface area contributed by atoms with Gasteiger partial charge in [0.2, 0.25) is 0 Å². The number of nitriles is 1. The van der Waals surface area contributed by atoms with E-state index in [1.165, 1.54) is 0 Å². The summed E-state index contributed by atoms with van der Waals surface area (Å²) in [4.78, 5) is 2.28. The number of hydrogen-bond donors (Lipinski definition) is 1. The van der Waals surface area contributed by atoms with Crippen LogP contribution in [0.15, 0.2) is 0 Å². The van der Waals surface area contributed by atoms with E-state index >= 15 is 0 Å². The summed E-state index contributed by atoms with van der Waals surface area (Å²) < 4.78 is 0. The first-order valence-electron chi connectivity index (χ1n) is 6.15. The van der Waals surface area contributed by atoms with Gasteiger partial charge in [-0.25, -0.2) is 0 Å². The van der Waals surface area contributed by atoms with Crippen molar-refractivity contribution in [3.63, 3.8) is 0 Å². The van der Waals surface area contributed by atoms with Crippen molar-refractivity contribution in [2.45, 2.75) is 46.1 Å². The minimum absolute atomic E-state index is 0.153. The van der Waals surface area contributed by atoms with E-state index in [0.29, 0.717) is 6.54 Å². The maximum Gasteiger partial charge on any atom is 0.0768 e. The molecule has 1 rings (SSSR count). The third kappa shape index (κ3) is 3.20. The summed E-state index contributed by atoms with van der Waals surface area (Å²) >= 11 is 0. The highest BCUT2D eigenvalue weighted by Gasteiger charge is 2.34. The summed E-state index contributed by atoms with van der Waals surface area (Å²) in [6, 6.07) is 2.40. The molecule has 0 spiro atoms. The molecule has 92 valence electrons. The molecular weight excluding hydrogens is 200 g/mol. The third-order valence-electron chi connectivity index (χ3n) is 4.02. The molecule has 0 aromatic carbocycles. The Labute approximate surface area is 99.1 Å². The van der Waals surface area contributed by atoms with Gasteiger partial charge in [0.15, 0.2) is 0 Å². The van der Waals surface area contributed by atoms with Gasteiger partial charge in [0.05, 0.1) is 17.1 Å². The van der Waals surface area contributed by atoms with E-state index in [4.69, 9.17) is 5.26 Å². The molecule has 1 atom stereocenters. The van der Waals surface area contributed by atoms with Gasteiger partial charge in [-0.1, -0.05) is 13.8 Å². The Morgan fingerprint density at radius 1 is 1.44 bits per heavy atom. The van der Waals surface area contributed by atoms with Crippen LogP contribution in [0.4, 0.5) is 0 Å². The zero-order chi connectivity index (χ0) is 12.4. The van der Waals surface area contributed by atoms with Crippen LogP contribution in [0.25, 0.3) is 0 Å². The number of aliphatic hydroxyl groups is 1. The van der Waals surface area contributed by atoms with Crippen LogP contribution < -0.4 is 0 Å². The van der Waals surface area contributed by atoms with Crippen LogP contribution in [0.3, 0.4) is 0 Å². The first kappa shape index (κ1) is 13.5. The van der Waals surface area contributed by atoms with Crippen LogP contribution in [-0.4, -0.2) is 35.2 Å². The Morgan fingerprint density at radius 2 is 1.94 bits per heavy atom. The Balaban J connectivity index is 2.47. The molecule has 1 heterocycles. The first-order valence-corrected chi connectivity index (χ1v) is 6.15. The van der Waals surface area contributed by atoms with Crippen molar-refractivity contribution in [3.8, 4) is 6.07 Å². The van der Waals surface area contributed by atoms with E-state index in [-0.39, 0.29) is 11.3 Å². The lowest BCUT2D eigenvalue weighted by Crippen LogP contribution is -2.48. The summed E-state index contributed by atoms with van der Waals surface area (Å²) in [6.45, 7) is 10.6. The summed E-state index contributed by atoms with van der Waals surface area (Å²) in [5.41, 5.74) is -0.777. The molecule has 1 unspecified atom stereocenters. The molecule has 0 amide bonds. The molecule has 0 bridgehead atoms. The van der Waals surface area contributed by atoms with Crippen LogP contribution in [0.1, 0.15) is 40.5 Å². The van der Waals surface area contributed by atoms with E-state index in [2.05, 4.69) is 11.0 Å². The second-order valence-electron chi connectivity index (χ2n) is 5.96. The van der Waals surface area contributed by atoms with Gasteiger partial charge in [-0.15, -0.1) is 0 Å². The maximum absolute atomic E-state index is 10.2. The highest BCUT2D eigenvalue weighted by atomic mass is 16.3. The fourth-order valence-electron chi connectivity index (χ4n) is 1.95. The standard InChI is InChI=1S/C13H24N2O/c1-11(2)13(4,16)10-15-7-5-12(3,9-14)6-8-15/h11,16H,5-8,10H2,1-4H3. The highest BCUT2D eigenvalue weighted by Crippen LogP contribution is 2.31. The molecule has 3 nitrogen and oxygen atoms in total. The number of β-amino-alcohol motifs (C(OH)–C–C–N with tert-alkyl or cyclic N) is 1. The number of hydrogen-bond acceptors (Lipinski definition) is 3. The topological polar surface area (TPSA) is 47.3 Å². The van der Waals surface area contributed by atoms with Crippen LogP contribution >= 0.6 is 0 Å². The SMILES string of the molecule is CC(C)C(C)(O)CN1CCC(C)(C#N)CC1. The number of piperidine rings is 1. The van der Waals surface area contributed by atoms with Crippen LogP contribution in [0.2, 0.25) is 0 Å². The molecule has 1 saturated heterocycles. The Bertz CT molecular complexity index is 270. The minimum Gasteiger partial charge on any atom is -0.389 e. The average molecular weight is 224 g/mol. The van der Waals surface area contributed by atoms with Gasteiger partial charge in [0.1, 0.15) is 0 Å². The highest BCUT2D eigenvalue weighted by molar-refractivity contribution is 4.99. The van der Waals surface area contributed by atoms with Crippen LogP contribution in [0.5, 0.6) is 0 Å². The van der Waals surface area contributed by atoms with Crippen molar-refractivity contribution >= 4 is 0 Å². The molecule has 1 N–H and O–H groups in total. The van der Waals surface area contributed by atoms with Crippen molar-refractivity contribution in [1.29, 1.82) is 5.26 Å². The normalized spacial score (nSPS) is 25.1. The smallest absolute Gasteiger partial charge is 0.0768 e. The molecule has 0 aromatic heterocycles. The quantitative estimate of drug-likeness (QED) is 0.798. The van der Waals surface area contributed by atoms with Gasteiger partial charge in [-0.3, -0.25) is 0 Å². The monoisotopic (exact) mass is 224 g/mol. The van der Waals surface area contributed by atoms with E-state index in [9.17, 15) is 5.11 Å². The van der Waals surface area contributed by atoms with E-state index < -0.39 is 5.60 Å². The second kappa shape index (κ2) is 4.73. The number of likely N-dealkylation sites (tertiary alicyclic amines) is 1. The predicted molar refractivity (Wildman–Crippen MR) is 64.9 cm³/mol. The number of nitrogens with zero attached hydrogens (tertiary/aromatic N) is 2. The Hall–Kier alpha value is -0.590. The van der Waals surface area contributed by atoms with Crippen molar-refractivity contribution in [3.05, 3.63) is 0 Å². The third-order valence-corrected chi connectivity index (χ3v) is 4.02. The van der Waals surface area contributed by atoms with Crippen LogP contribution in [-0.2, 0) is 0 Å². The largest absolute Gasteiger partial charge is 0.389 e. The fraction of sp³-hybridized carbons (Fsp3) is 0.923. The van der Waals surface area contributed by atoms with Gasteiger partial charge >= 0.3 is 0 Å². The lowest BCUT2D eigenvalue weighted by Gasteiger charge is -2.39. The van der Waals surface area contributed by atoms with Crippen molar-refractivity contribution < 1.29 is 5.11 Å². The molecule has 3 heteroatoms. The second-order valence-corrected chi connectivity index (χ2v) is 5.96. The first-order chi connectivity index (χ1) is 7.29.